The number of piperazine rings is 1. The van der Waals surface area contributed by atoms with Crippen molar-refractivity contribution in [3.8, 4) is 0 Å². The molecule has 2 saturated heterocycles. The van der Waals surface area contributed by atoms with Crippen LogP contribution in [0.1, 0.15) is 19.3 Å². The first-order valence-corrected chi connectivity index (χ1v) is 9.04. The lowest BCUT2D eigenvalue weighted by atomic mass is 9.93. The molecule has 1 aromatic heterocycles. The molecule has 0 saturated carbocycles. The Hall–Kier alpha value is -2.15. The van der Waals surface area contributed by atoms with Crippen molar-refractivity contribution < 1.29 is 9.59 Å². The monoisotopic (exact) mass is 345 g/mol. The highest BCUT2D eigenvalue weighted by molar-refractivity contribution is 5.89. The van der Waals surface area contributed by atoms with Gasteiger partial charge in [0, 0.05) is 51.9 Å². The first-order valence-electron chi connectivity index (χ1n) is 9.04. The lowest BCUT2D eigenvalue weighted by molar-refractivity contribution is -0.134. The minimum Gasteiger partial charge on any atom is -0.340 e. The molecule has 25 heavy (non-hydrogen) atoms. The van der Waals surface area contributed by atoms with Crippen molar-refractivity contribution in [1.82, 2.24) is 19.7 Å². The van der Waals surface area contributed by atoms with Crippen molar-refractivity contribution in [3.05, 3.63) is 24.5 Å². The van der Waals surface area contributed by atoms with Crippen LogP contribution in [0.4, 0.5) is 10.5 Å². The number of likely N-dealkylation sites (N-methyl/N-ethyl adjacent to an activating group) is 1. The highest BCUT2D eigenvalue weighted by Gasteiger charge is 2.27. The van der Waals surface area contributed by atoms with Crippen molar-refractivity contribution in [2.75, 3.05) is 51.6 Å². The van der Waals surface area contributed by atoms with Crippen LogP contribution in [-0.4, -0.2) is 77.9 Å². The van der Waals surface area contributed by atoms with Gasteiger partial charge in [0.25, 0.3) is 0 Å². The second kappa shape index (κ2) is 8.29. The number of nitrogens with one attached hydrogen (secondary N) is 1. The van der Waals surface area contributed by atoms with Crippen molar-refractivity contribution in [2.45, 2.75) is 19.3 Å². The first kappa shape index (κ1) is 17.7. The van der Waals surface area contributed by atoms with E-state index in [9.17, 15) is 9.59 Å². The van der Waals surface area contributed by atoms with Gasteiger partial charge in [-0.15, -0.1) is 0 Å². The number of pyridine rings is 1. The third-order valence-corrected chi connectivity index (χ3v) is 5.13. The predicted molar refractivity (Wildman–Crippen MR) is 96.2 cm³/mol. The van der Waals surface area contributed by atoms with Gasteiger partial charge < -0.3 is 20.0 Å². The maximum atomic E-state index is 12.4. The van der Waals surface area contributed by atoms with E-state index in [0.29, 0.717) is 31.1 Å². The second-order valence-electron chi connectivity index (χ2n) is 6.99. The average molecular weight is 345 g/mol. The molecule has 3 rings (SSSR count). The normalized spacial score (nSPS) is 19.7. The standard InChI is InChI=1S/C18H27N5O2/c1-21-9-11-22(12-10-21)17(24)13-15-4-7-23(8-5-15)18(25)20-16-3-2-6-19-14-16/h2-3,6,14-15H,4-5,7-13H2,1H3,(H,20,25). The summed E-state index contributed by atoms with van der Waals surface area (Å²) in [7, 11) is 2.09. The lowest BCUT2D eigenvalue weighted by Gasteiger charge is -2.35. The molecule has 7 heteroatoms. The van der Waals surface area contributed by atoms with Crippen LogP contribution in [0.5, 0.6) is 0 Å². The summed E-state index contributed by atoms with van der Waals surface area (Å²) in [4.78, 5) is 34.8. The van der Waals surface area contributed by atoms with E-state index in [1.54, 1.807) is 18.5 Å². The number of anilines is 1. The fourth-order valence-corrected chi connectivity index (χ4v) is 3.41. The average Bonchev–Trinajstić information content (AvgIpc) is 2.63. The Balaban J connectivity index is 1.41. The summed E-state index contributed by atoms with van der Waals surface area (Å²) in [5.41, 5.74) is 0.708. The van der Waals surface area contributed by atoms with E-state index in [4.69, 9.17) is 0 Å². The van der Waals surface area contributed by atoms with Crippen LogP contribution >= 0.6 is 0 Å². The van der Waals surface area contributed by atoms with Crippen LogP contribution in [0.25, 0.3) is 0 Å². The number of piperidine rings is 1. The van der Waals surface area contributed by atoms with E-state index in [2.05, 4.69) is 22.2 Å². The van der Waals surface area contributed by atoms with E-state index in [1.165, 1.54) is 0 Å². The molecule has 0 aliphatic carbocycles. The molecule has 136 valence electrons. The summed E-state index contributed by atoms with van der Waals surface area (Å²) in [6, 6.07) is 3.54. The summed E-state index contributed by atoms with van der Waals surface area (Å²) < 4.78 is 0. The highest BCUT2D eigenvalue weighted by Crippen LogP contribution is 2.22. The number of carbonyl (C=O) groups excluding carboxylic acids is 2. The van der Waals surface area contributed by atoms with E-state index in [-0.39, 0.29) is 11.9 Å². The van der Waals surface area contributed by atoms with Gasteiger partial charge in [-0.25, -0.2) is 4.79 Å². The molecule has 0 aromatic carbocycles. The fourth-order valence-electron chi connectivity index (χ4n) is 3.41. The fraction of sp³-hybridized carbons (Fsp3) is 0.611. The molecule has 0 bridgehead atoms. The van der Waals surface area contributed by atoms with Gasteiger partial charge in [0.05, 0.1) is 11.9 Å². The highest BCUT2D eigenvalue weighted by atomic mass is 16.2. The van der Waals surface area contributed by atoms with Crippen molar-refractivity contribution in [3.63, 3.8) is 0 Å². The van der Waals surface area contributed by atoms with E-state index in [0.717, 1.165) is 39.0 Å². The molecular weight excluding hydrogens is 318 g/mol. The zero-order valence-corrected chi connectivity index (χ0v) is 14.9. The third-order valence-electron chi connectivity index (χ3n) is 5.13. The van der Waals surface area contributed by atoms with E-state index >= 15 is 0 Å². The molecule has 1 aromatic rings. The number of hydrogen-bond acceptors (Lipinski definition) is 4. The van der Waals surface area contributed by atoms with Crippen LogP contribution in [0.2, 0.25) is 0 Å². The minimum atomic E-state index is -0.0863. The molecule has 7 nitrogen and oxygen atoms in total. The van der Waals surface area contributed by atoms with Crippen LogP contribution < -0.4 is 5.32 Å². The number of urea groups is 1. The summed E-state index contributed by atoms with van der Waals surface area (Å²) in [6.45, 7) is 4.99. The van der Waals surface area contributed by atoms with Crippen LogP contribution in [0.3, 0.4) is 0 Å². The van der Waals surface area contributed by atoms with Gasteiger partial charge in [-0.05, 0) is 37.9 Å². The van der Waals surface area contributed by atoms with E-state index < -0.39 is 0 Å². The molecule has 0 unspecified atom stereocenters. The zero-order valence-electron chi connectivity index (χ0n) is 14.9. The van der Waals surface area contributed by atoms with Gasteiger partial charge >= 0.3 is 6.03 Å². The van der Waals surface area contributed by atoms with Crippen molar-refractivity contribution in [2.24, 2.45) is 5.92 Å². The smallest absolute Gasteiger partial charge is 0.321 e. The summed E-state index contributed by atoms with van der Waals surface area (Å²) in [6.07, 6.45) is 5.71. The maximum absolute atomic E-state index is 12.4. The number of likely N-dealkylation sites (tertiary alicyclic amines) is 1. The Labute approximate surface area is 149 Å². The number of rotatable bonds is 3. The molecule has 0 radical (unpaired) electrons. The molecular formula is C18H27N5O2. The maximum Gasteiger partial charge on any atom is 0.321 e. The van der Waals surface area contributed by atoms with Gasteiger partial charge in [-0.1, -0.05) is 0 Å². The molecule has 2 aliphatic heterocycles. The largest absolute Gasteiger partial charge is 0.340 e. The van der Waals surface area contributed by atoms with Crippen molar-refractivity contribution >= 4 is 17.6 Å². The van der Waals surface area contributed by atoms with Gasteiger partial charge in [0.1, 0.15) is 0 Å². The third kappa shape index (κ3) is 4.92. The Morgan fingerprint density at radius 1 is 1.12 bits per heavy atom. The Morgan fingerprint density at radius 3 is 2.48 bits per heavy atom. The SMILES string of the molecule is CN1CCN(C(=O)CC2CCN(C(=O)Nc3cccnc3)CC2)CC1. The van der Waals surface area contributed by atoms with Gasteiger partial charge in [-0.3, -0.25) is 9.78 Å². The van der Waals surface area contributed by atoms with Crippen LogP contribution in [0, 0.1) is 5.92 Å². The number of aromatic nitrogens is 1. The van der Waals surface area contributed by atoms with Crippen LogP contribution in [-0.2, 0) is 4.79 Å². The number of hydrogen-bond donors (Lipinski definition) is 1. The lowest BCUT2D eigenvalue weighted by Crippen LogP contribution is -2.48. The molecule has 2 fully saturated rings. The topological polar surface area (TPSA) is 68.8 Å². The van der Waals surface area contributed by atoms with Gasteiger partial charge in [0.2, 0.25) is 5.91 Å². The van der Waals surface area contributed by atoms with Crippen molar-refractivity contribution in [1.29, 1.82) is 0 Å². The first-order chi connectivity index (χ1) is 12.1. The number of nitrogens with zero attached hydrogens (tertiary/aromatic N) is 4. The summed E-state index contributed by atoms with van der Waals surface area (Å²) in [5.74, 6) is 0.654. The molecule has 3 amide bonds. The Bertz CT molecular complexity index is 578. The molecule has 1 N–H and O–H groups in total. The zero-order chi connectivity index (χ0) is 17.6. The molecule has 3 heterocycles. The summed E-state index contributed by atoms with van der Waals surface area (Å²) in [5, 5.41) is 2.87. The Kier molecular flexibility index (Phi) is 5.86. The second-order valence-corrected chi connectivity index (χ2v) is 6.99. The van der Waals surface area contributed by atoms with Crippen LogP contribution in [0.15, 0.2) is 24.5 Å². The predicted octanol–water partition coefficient (Wildman–Crippen LogP) is 1.49. The molecule has 0 atom stereocenters. The number of amides is 3. The van der Waals surface area contributed by atoms with E-state index in [1.807, 2.05) is 15.9 Å². The minimum absolute atomic E-state index is 0.0863. The van der Waals surface area contributed by atoms with Gasteiger partial charge in [-0.2, -0.15) is 0 Å². The summed E-state index contributed by atoms with van der Waals surface area (Å²) >= 11 is 0. The Morgan fingerprint density at radius 2 is 1.84 bits per heavy atom. The molecule has 2 aliphatic rings. The quantitative estimate of drug-likeness (QED) is 0.901. The van der Waals surface area contributed by atoms with Gasteiger partial charge in [0.15, 0.2) is 0 Å². The number of carbonyl (C=O) groups is 2. The molecule has 0 spiro atoms.